The van der Waals surface area contributed by atoms with Crippen LogP contribution in [0.15, 0.2) is 36.4 Å². The molecule has 1 nitrogen and oxygen atoms in total. The lowest BCUT2D eigenvalue weighted by Gasteiger charge is -2.13. The maximum Gasteiger partial charge on any atom is 0.0412 e. The van der Waals surface area contributed by atoms with Crippen molar-refractivity contribution in [2.75, 3.05) is 6.54 Å². The van der Waals surface area contributed by atoms with Gasteiger partial charge in [-0.15, -0.1) is 11.3 Å². The molecule has 18 heavy (non-hydrogen) atoms. The van der Waals surface area contributed by atoms with Crippen molar-refractivity contribution >= 4 is 22.9 Å². The van der Waals surface area contributed by atoms with Gasteiger partial charge in [-0.2, -0.15) is 0 Å². The molecule has 0 radical (unpaired) electrons. The number of hydrogen-bond donors (Lipinski definition) is 1. The number of halogens is 1. The van der Waals surface area contributed by atoms with Gasteiger partial charge in [0.1, 0.15) is 0 Å². The fourth-order valence-electron chi connectivity index (χ4n) is 2.00. The van der Waals surface area contributed by atoms with Gasteiger partial charge in [-0.05, 0) is 42.8 Å². The van der Waals surface area contributed by atoms with Crippen molar-refractivity contribution in [1.82, 2.24) is 5.32 Å². The van der Waals surface area contributed by atoms with Crippen LogP contribution in [0.3, 0.4) is 0 Å². The van der Waals surface area contributed by atoms with Gasteiger partial charge in [0.05, 0.1) is 0 Å². The van der Waals surface area contributed by atoms with Crippen LogP contribution in [0.1, 0.15) is 31.2 Å². The maximum absolute atomic E-state index is 5.91. The summed E-state index contributed by atoms with van der Waals surface area (Å²) in [4.78, 5) is 2.71. The summed E-state index contributed by atoms with van der Waals surface area (Å²) in [7, 11) is 0. The molecule has 1 heterocycles. The Morgan fingerprint density at radius 2 is 1.83 bits per heavy atom. The van der Waals surface area contributed by atoms with Gasteiger partial charge in [-0.1, -0.05) is 37.6 Å². The molecule has 1 aromatic carbocycles. The molecule has 2 rings (SSSR count). The molecular weight excluding hydrogens is 262 g/mol. The van der Waals surface area contributed by atoms with Crippen molar-refractivity contribution in [2.45, 2.75) is 26.3 Å². The van der Waals surface area contributed by atoms with Crippen LogP contribution in [0.25, 0.3) is 10.4 Å². The third-order valence-electron chi connectivity index (χ3n) is 2.96. The van der Waals surface area contributed by atoms with Gasteiger partial charge < -0.3 is 5.32 Å². The summed E-state index contributed by atoms with van der Waals surface area (Å²) in [5.41, 5.74) is 1.24. The van der Waals surface area contributed by atoms with E-state index in [1.807, 2.05) is 23.5 Å². The van der Waals surface area contributed by atoms with Gasteiger partial charge in [0, 0.05) is 20.8 Å². The molecule has 0 spiro atoms. The standard InChI is InChI=1S/C15H18ClNS/c1-3-13(17-4-2)15-10-9-14(18-15)11-5-7-12(16)8-6-11/h5-10,13,17H,3-4H2,1-2H3. The highest BCUT2D eigenvalue weighted by Crippen LogP contribution is 2.32. The van der Waals surface area contributed by atoms with Crippen LogP contribution in [-0.2, 0) is 0 Å². The molecule has 96 valence electrons. The van der Waals surface area contributed by atoms with Gasteiger partial charge in [-0.3, -0.25) is 0 Å². The molecule has 1 atom stereocenters. The van der Waals surface area contributed by atoms with E-state index >= 15 is 0 Å². The Kier molecular flexibility index (Phi) is 4.81. The minimum Gasteiger partial charge on any atom is -0.310 e. The van der Waals surface area contributed by atoms with Crippen LogP contribution in [0.4, 0.5) is 0 Å². The Hall–Kier alpha value is -0.830. The summed E-state index contributed by atoms with van der Waals surface area (Å²) >= 11 is 7.77. The summed E-state index contributed by atoms with van der Waals surface area (Å²) in [5, 5.41) is 4.30. The van der Waals surface area contributed by atoms with Crippen molar-refractivity contribution in [1.29, 1.82) is 0 Å². The van der Waals surface area contributed by atoms with Crippen LogP contribution in [-0.4, -0.2) is 6.54 Å². The molecule has 0 aliphatic heterocycles. The van der Waals surface area contributed by atoms with E-state index in [1.54, 1.807) is 0 Å². The molecule has 0 aliphatic carbocycles. The number of rotatable bonds is 5. The predicted molar refractivity (Wildman–Crippen MR) is 81.5 cm³/mol. The Morgan fingerprint density at radius 3 is 2.44 bits per heavy atom. The van der Waals surface area contributed by atoms with E-state index in [0.717, 1.165) is 18.0 Å². The van der Waals surface area contributed by atoms with Crippen molar-refractivity contribution in [2.24, 2.45) is 0 Å². The molecule has 0 aliphatic rings. The largest absolute Gasteiger partial charge is 0.310 e. The number of benzene rings is 1. The summed E-state index contributed by atoms with van der Waals surface area (Å²) in [5.74, 6) is 0. The van der Waals surface area contributed by atoms with Gasteiger partial charge >= 0.3 is 0 Å². The Labute approximate surface area is 118 Å². The fourth-order valence-corrected chi connectivity index (χ4v) is 3.30. The first-order valence-electron chi connectivity index (χ1n) is 6.33. The minimum atomic E-state index is 0.473. The zero-order chi connectivity index (χ0) is 13.0. The second-order valence-electron chi connectivity index (χ2n) is 4.23. The van der Waals surface area contributed by atoms with E-state index in [9.17, 15) is 0 Å². The minimum absolute atomic E-state index is 0.473. The van der Waals surface area contributed by atoms with Crippen LogP contribution in [0, 0.1) is 0 Å². The third kappa shape index (κ3) is 3.14. The molecular formula is C15H18ClNS. The number of nitrogens with one attached hydrogen (secondary N) is 1. The Balaban J connectivity index is 2.21. The van der Waals surface area contributed by atoms with Crippen LogP contribution in [0.5, 0.6) is 0 Å². The third-order valence-corrected chi connectivity index (χ3v) is 4.46. The summed E-state index contributed by atoms with van der Waals surface area (Å²) in [6.07, 6.45) is 1.12. The lowest BCUT2D eigenvalue weighted by molar-refractivity contribution is 0.545. The molecule has 2 aromatic rings. The molecule has 1 N–H and O–H groups in total. The zero-order valence-electron chi connectivity index (χ0n) is 10.7. The van der Waals surface area contributed by atoms with Crippen molar-refractivity contribution < 1.29 is 0 Å². The lowest BCUT2D eigenvalue weighted by atomic mass is 10.1. The van der Waals surface area contributed by atoms with Crippen molar-refractivity contribution in [3.8, 4) is 10.4 Å². The average molecular weight is 280 g/mol. The molecule has 0 saturated carbocycles. The smallest absolute Gasteiger partial charge is 0.0412 e. The van der Waals surface area contributed by atoms with Gasteiger partial charge in [0.25, 0.3) is 0 Å². The second-order valence-corrected chi connectivity index (χ2v) is 5.78. The van der Waals surface area contributed by atoms with Crippen molar-refractivity contribution in [3.63, 3.8) is 0 Å². The topological polar surface area (TPSA) is 12.0 Å². The molecule has 3 heteroatoms. The molecule has 0 bridgehead atoms. The average Bonchev–Trinajstić information content (AvgIpc) is 2.86. The predicted octanol–water partition coefficient (Wildman–Crippen LogP) is 5.13. The Morgan fingerprint density at radius 1 is 1.11 bits per heavy atom. The van der Waals surface area contributed by atoms with Crippen LogP contribution >= 0.6 is 22.9 Å². The first-order valence-corrected chi connectivity index (χ1v) is 7.53. The van der Waals surface area contributed by atoms with Gasteiger partial charge in [0.15, 0.2) is 0 Å². The molecule has 1 aromatic heterocycles. The molecule has 0 saturated heterocycles. The SMILES string of the molecule is CCNC(CC)c1ccc(-c2ccc(Cl)cc2)s1. The number of thiophene rings is 1. The van der Waals surface area contributed by atoms with Gasteiger partial charge in [0.2, 0.25) is 0 Å². The normalized spacial score (nSPS) is 12.6. The van der Waals surface area contributed by atoms with E-state index in [2.05, 4.69) is 43.4 Å². The van der Waals surface area contributed by atoms with Crippen LogP contribution in [0.2, 0.25) is 5.02 Å². The van der Waals surface area contributed by atoms with Crippen molar-refractivity contribution in [3.05, 3.63) is 46.3 Å². The molecule has 1 unspecified atom stereocenters. The molecule has 0 amide bonds. The van der Waals surface area contributed by atoms with E-state index in [0.29, 0.717) is 6.04 Å². The molecule has 0 fully saturated rings. The number of hydrogen-bond acceptors (Lipinski definition) is 2. The first kappa shape index (κ1) is 13.6. The Bertz CT molecular complexity index is 489. The maximum atomic E-state index is 5.91. The second kappa shape index (κ2) is 6.37. The fraction of sp³-hybridized carbons (Fsp3) is 0.333. The summed E-state index contributed by atoms with van der Waals surface area (Å²) < 4.78 is 0. The van der Waals surface area contributed by atoms with E-state index < -0.39 is 0 Å². The van der Waals surface area contributed by atoms with E-state index in [4.69, 9.17) is 11.6 Å². The highest BCUT2D eigenvalue weighted by molar-refractivity contribution is 7.15. The summed E-state index contributed by atoms with van der Waals surface area (Å²) in [6.45, 7) is 5.37. The quantitative estimate of drug-likeness (QED) is 0.800. The van der Waals surface area contributed by atoms with E-state index in [-0.39, 0.29) is 0 Å². The summed E-state index contributed by atoms with van der Waals surface area (Å²) in [6, 6.07) is 12.9. The monoisotopic (exact) mass is 279 g/mol. The van der Waals surface area contributed by atoms with E-state index in [1.165, 1.54) is 15.3 Å². The lowest BCUT2D eigenvalue weighted by Crippen LogP contribution is -2.18. The van der Waals surface area contributed by atoms with Crippen LogP contribution < -0.4 is 5.32 Å². The highest BCUT2D eigenvalue weighted by Gasteiger charge is 2.11. The highest BCUT2D eigenvalue weighted by atomic mass is 35.5. The van der Waals surface area contributed by atoms with Gasteiger partial charge in [-0.25, -0.2) is 0 Å². The zero-order valence-corrected chi connectivity index (χ0v) is 12.3. The first-order chi connectivity index (χ1) is 8.74.